The smallest absolute Gasteiger partial charge is 0.315 e. The molecule has 3 rings (SSSR count). The van der Waals surface area contributed by atoms with Crippen LogP contribution in [0.2, 0.25) is 5.02 Å². The number of halogens is 1. The van der Waals surface area contributed by atoms with Gasteiger partial charge >= 0.3 is 6.03 Å². The molecule has 2 amide bonds. The number of hydrogen-bond donors (Lipinski definition) is 1. The average Bonchev–Trinajstić information content (AvgIpc) is 2.59. The van der Waals surface area contributed by atoms with Gasteiger partial charge in [-0.15, -0.1) is 0 Å². The van der Waals surface area contributed by atoms with Crippen LogP contribution in [0.5, 0.6) is 0 Å². The second-order valence-electron chi connectivity index (χ2n) is 6.28. The van der Waals surface area contributed by atoms with E-state index in [1.165, 1.54) is 0 Å². The number of rotatable bonds is 2. The molecule has 0 aromatic heterocycles. The molecule has 0 aliphatic carbocycles. The van der Waals surface area contributed by atoms with Gasteiger partial charge in [0.25, 0.3) is 0 Å². The summed E-state index contributed by atoms with van der Waals surface area (Å²) in [5.41, 5.74) is 2.87. The number of anilines is 1. The third-order valence-corrected chi connectivity index (χ3v) is 4.86. The van der Waals surface area contributed by atoms with Crippen LogP contribution >= 0.6 is 11.6 Å². The fraction of sp³-hybridized carbons (Fsp3) is 0.316. The van der Waals surface area contributed by atoms with E-state index < -0.39 is 0 Å². The van der Waals surface area contributed by atoms with E-state index in [1.807, 2.05) is 42.2 Å². The molecule has 0 saturated carbocycles. The zero-order chi connectivity index (χ0) is 17.1. The lowest BCUT2D eigenvalue weighted by Gasteiger charge is -2.40. The SMILES string of the molecule is Cc1ccc(NC(=O)N2CCN(C)CC2c2ccccc2)cc1Cl. The van der Waals surface area contributed by atoms with Crippen molar-refractivity contribution in [2.75, 3.05) is 32.0 Å². The predicted molar refractivity (Wildman–Crippen MR) is 98.6 cm³/mol. The van der Waals surface area contributed by atoms with Gasteiger partial charge in [0.1, 0.15) is 0 Å². The second kappa shape index (κ2) is 7.24. The summed E-state index contributed by atoms with van der Waals surface area (Å²) >= 11 is 6.16. The molecule has 126 valence electrons. The van der Waals surface area contributed by atoms with Crippen LogP contribution in [0.25, 0.3) is 0 Å². The van der Waals surface area contributed by atoms with Crippen LogP contribution < -0.4 is 5.32 Å². The maximum absolute atomic E-state index is 12.8. The lowest BCUT2D eigenvalue weighted by atomic mass is 10.0. The van der Waals surface area contributed by atoms with Crippen LogP contribution in [0.15, 0.2) is 48.5 Å². The van der Waals surface area contributed by atoms with Gasteiger partial charge in [-0.3, -0.25) is 0 Å². The summed E-state index contributed by atoms with van der Waals surface area (Å²) in [5, 5.41) is 3.64. The molecule has 2 aromatic carbocycles. The monoisotopic (exact) mass is 343 g/mol. The summed E-state index contributed by atoms with van der Waals surface area (Å²) < 4.78 is 0. The Labute approximate surface area is 148 Å². The van der Waals surface area contributed by atoms with Crippen molar-refractivity contribution in [2.24, 2.45) is 0 Å². The molecule has 1 aliphatic heterocycles. The Morgan fingerprint density at radius 3 is 2.62 bits per heavy atom. The van der Waals surface area contributed by atoms with Crippen LogP contribution in [0.1, 0.15) is 17.2 Å². The number of nitrogens with one attached hydrogen (secondary N) is 1. The fourth-order valence-electron chi connectivity index (χ4n) is 2.99. The summed E-state index contributed by atoms with van der Waals surface area (Å²) in [6.45, 7) is 4.33. The van der Waals surface area contributed by atoms with Gasteiger partial charge in [0.05, 0.1) is 6.04 Å². The van der Waals surface area contributed by atoms with E-state index in [4.69, 9.17) is 11.6 Å². The minimum absolute atomic E-state index is 0.0471. The lowest BCUT2D eigenvalue weighted by Crippen LogP contribution is -2.50. The Balaban J connectivity index is 1.79. The highest BCUT2D eigenvalue weighted by atomic mass is 35.5. The Hall–Kier alpha value is -2.04. The highest BCUT2D eigenvalue weighted by Gasteiger charge is 2.30. The molecule has 0 spiro atoms. The van der Waals surface area contributed by atoms with E-state index in [1.54, 1.807) is 6.07 Å². The van der Waals surface area contributed by atoms with Crippen molar-refractivity contribution in [3.63, 3.8) is 0 Å². The quantitative estimate of drug-likeness (QED) is 0.888. The van der Waals surface area contributed by atoms with E-state index >= 15 is 0 Å². The molecule has 1 saturated heterocycles. The first-order valence-electron chi connectivity index (χ1n) is 8.12. The molecule has 5 heteroatoms. The van der Waals surface area contributed by atoms with Gasteiger partial charge in [-0.05, 0) is 37.2 Å². The highest BCUT2D eigenvalue weighted by molar-refractivity contribution is 6.31. The van der Waals surface area contributed by atoms with Crippen molar-refractivity contribution < 1.29 is 4.79 Å². The summed E-state index contributed by atoms with van der Waals surface area (Å²) in [7, 11) is 2.09. The number of amides is 2. The number of piperazine rings is 1. The standard InChI is InChI=1S/C19H22ClN3O/c1-14-8-9-16(12-17(14)20)21-19(24)23-11-10-22(2)13-18(23)15-6-4-3-5-7-15/h3-9,12,18H,10-11,13H2,1-2H3,(H,21,24). The fourth-order valence-corrected chi connectivity index (χ4v) is 3.17. The van der Waals surface area contributed by atoms with E-state index in [2.05, 4.69) is 29.4 Å². The molecular formula is C19H22ClN3O. The number of benzene rings is 2. The second-order valence-corrected chi connectivity index (χ2v) is 6.68. The zero-order valence-electron chi connectivity index (χ0n) is 14.0. The number of hydrogen-bond acceptors (Lipinski definition) is 2. The minimum Gasteiger partial charge on any atom is -0.315 e. The number of likely N-dealkylation sites (N-methyl/N-ethyl adjacent to an activating group) is 1. The van der Waals surface area contributed by atoms with Gasteiger partial charge in [0.2, 0.25) is 0 Å². The number of carbonyl (C=O) groups excluding carboxylic acids is 1. The molecule has 1 aliphatic rings. The van der Waals surface area contributed by atoms with Crippen molar-refractivity contribution >= 4 is 23.3 Å². The van der Waals surface area contributed by atoms with Gasteiger partial charge in [0.15, 0.2) is 0 Å². The normalized spacial score (nSPS) is 18.5. The van der Waals surface area contributed by atoms with E-state index in [9.17, 15) is 4.79 Å². The van der Waals surface area contributed by atoms with Crippen LogP contribution in [-0.4, -0.2) is 42.5 Å². The number of urea groups is 1. The van der Waals surface area contributed by atoms with Crippen LogP contribution in [0.4, 0.5) is 10.5 Å². The highest BCUT2D eigenvalue weighted by Crippen LogP contribution is 2.26. The molecule has 0 radical (unpaired) electrons. The zero-order valence-corrected chi connectivity index (χ0v) is 14.8. The third kappa shape index (κ3) is 3.71. The molecule has 1 N–H and O–H groups in total. The maximum Gasteiger partial charge on any atom is 0.322 e. The molecule has 1 heterocycles. The van der Waals surface area contributed by atoms with Gasteiger partial charge < -0.3 is 15.1 Å². The van der Waals surface area contributed by atoms with Crippen molar-refractivity contribution in [2.45, 2.75) is 13.0 Å². The minimum atomic E-state index is -0.0862. The van der Waals surface area contributed by atoms with Crippen molar-refractivity contribution in [3.8, 4) is 0 Å². The lowest BCUT2D eigenvalue weighted by molar-refractivity contribution is 0.117. The third-order valence-electron chi connectivity index (χ3n) is 4.45. The Bertz CT molecular complexity index is 720. The number of aryl methyl sites for hydroxylation is 1. The molecular weight excluding hydrogens is 322 g/mol. The van der Waals surface area contributed by atoms with Gasteiger partial charge in [0, 0.05) is 30.3 Å². The molecule has 1 fully saturated rings. The topological polar surface area (TPSA) is 35.6 Å². The first-order valence-corrected chi connectivity index (χ1v) is 8.49. The van der Waals surface area contributed by atoms with E-state index in [-0.39, 0.29) is 12.1 Å². The summed E-state index contributed by atoms with van der Waals surface area (Å²) in [5.74, 6) is 0. The van der Waals surface area contributed by atoms with E-state index in [0.29, 0.717) is 11.6 Å². The van der Waals surface area contributed by atoms with Gasteiger partial charge in [-0.1, -0.05) is 48.0 Å². The van der Waals surface area contributed by atoms with Crippen LogP contribution in [-0.2, 0) is 0 Å². The predicted octanol–water partition coefficient (Wildman–Crippen LogP) is 4.17. The van der Waals surface area contributed by atoms with Gasteiger partial charge in [-0.2, -0.15) is 0 Å². The molecule has 1 atom stereocenters. The van der Waals surface area contributed by atoms with Crippen LogP contribution in [0, 0.1) is 6.92 Å². The first-order chi connectivity index (χ1) is 11.5. The molecule has 4 nitrogen and oxygen atoms in total. The van der Waals surface area contributed by atoms with Crippen molar-refractivity contribution in [1.82, 2.24) is 9.80 Å². The number of nitrogens with zero attached hydrogens (tertiary/aromatic N) is 2. The van der Waals surface area contributed by atoms with Crippen molar-refractivity contribution in [1.29, 1.82) is 0 Å². The number of carbonyl (C=O) groups is 1. The molecule has 0 bridgehead atoms. The first kappa shape index (κ1) is 16.8. The molecule has 1 unspecified atom stereocenters. The molecule has 2 aromatic rings. The van der Waals surface area contributed by atoms with Gasteiger partial charge in [-0.25, -0.2) is 4.79 Å². The van der Waals surface area contributed by atoms with E-state index in [0.717, 1.165) is 29.9 Å². The summed E-state index contributed by atoms with van der Waals surface area (Å²) in [4.78, 5) is 17.0. The molecule has 24 heavy (non-hydrogen) atoms. The maximum atomic E-state index is 12.8. The summed E-state index contributed by atoms with van der Waals surface area (Å²) in [6.07, 6.45) is 0. The summed E-state index contributed by atoms with van der Waals surface area (Å²) in [6, 6.07) is 15.7. The van der Waals surface area contributed by atoms with Crippen LogP contribution in [0.3, 0.4) is 0 Å². The van der Waals surface area contributed by atoms with Crippen molar-refractivity contribution in [3.05, 3.63) is 64.7 Å². The largest absolute Gasteiger partial charge is 0.322 e. The Morgan fingerprint density at radius 1 is 1.17 bits per heavy atom. The Kier molecular flexibility index (Phi) is 5.07. The Morgan fingerprint density at radius 2 is 1.92 bits per heavy atom. The average molecular weight is 344 g/mol.